The Bertz CT molecular complexity index is 600. The summed E-state index contributed by atoms with van der Waals surface area (Å²) in [7, 11) is 0. The molecule has 0 radical (unpaired) electrons. The first-order chi connectivity index (χ1) is 10.0. The molecular formula is C14H17F3N4. The Labute approximate surface area is 120 Å². The second-order valence-electron chi connectivity index (χ2n) is 5.52. The van der Waals surface area contributed by atoms with E-state index in [4.69, 9.17) is 0 Å². The third-order valence-electron chi connectivity index (χ3n) is 4.12. The Morgan fingerprint density at radius 3 is 2.62 bits per heavy atom. The number of nitrogens with zero attached hydrogens (tertiary/aromatic N) is 3. The highest BCUT2D eigenvalue weighted by atomic mass is 19.4. The van der Waals surface area contributed by atoms with Gasteiger partial charge in [0.15, 0.2) is 11.5 Å². The van der Waals surface area contributed by atoms with Gasteiger partial charge in [-0.2, -0.15) is 13.2 Å². The summed E-state index contributed by atoms with van der Waals surface area (Å²) in [5, 5.41) is 11.5. The summed E-state index contributed by atoms with van der Waals surface area (Å²) in [6, 6.07) is 5.78. The van der Waals surface area contributed by atoms with Gasteiger partial charge in [-0.1, -0.05) is 6.07 Å². The first-order valence-electron chi connectivity index (χ1n) is 7.13. The third kappa shape index (κ3) is 3.18. The summed E-state index contributed by atoms with van der Waals surface area (Å²) in [6.45, 7) is 0.520. The van der Waals surface area contributed by atoms with Gasteiger partial charge in [0, 0.05) is 12.2 Å². The number of pyridine rings is 1. The zero-order valence-corrected chi connectivity index (χ0v) is 11.5. The summed E-state index contributed by atoms with van der Waals surface area (Å²) in [6.07, 6.45) is -0.633. The van der Waals surface area contributed by atoms with E-state index in [0.717, 1.165) is 11.5 Å². The molecule has 0 unspecified atom stereocenters. The summed E-state index contributed by atoms with van der Waals surface area (Å²) < 4.78 is 39.7. The molecule has 3 rings (SSSR count). The van der Waals surface area contributed by atoms with Crippen LogP contribution in [0.5, 0.6) is 0 Å². The molecule has 0 saturated heterocycles. The van der Waals surface area contributed by atoms with Gasteiger partial charge in [-0.15, -0.1) is 10.2 Å². The predicted molar refractivity (Wildman–Crippen MR) is 71.6 cm³/mol. The van der Waals surface area contributed by atoms with Crippen molar-refractivity contribution in [2.24, 2.45) is 5.92 Å². The molecule has 0 bridgehead atoms. The average Bonchev–Trinajstić information content (AvgIpc) is 2.88. The first kappa shape index (κ1) is 14.3. The fraction of sp³-hybridized carbons (Fsp3) is 0.571. The molecule has 2 heterocycles. The summed E-state index contributed by atoms with van der Waals surface area (Å²) in [5.41, 5.74) is 0.773. The van der Waals surface area contributed by atoms with Gasteiger partial charge in [-0.05, 0) is 37.8 Å². The molecule has 21 heavy (non-hydrogen) atoms. The van der Waals surface area contributed by atoms with Crippen LogP contribution in [0.2, 0.25) is 0 Å². The predicted octanol–water partition coefficient (Wildman–Crippen LogP) is 2.94. The molecule has 0 aliphatic heterocycles. The fourth-order valence-corrected chi connectivity index (χ4v) is 2.87. The lowest BCUT2D eigenvalue weighted by Crippen LogP contribution is -2.37. The van der Waals surface area contributed by atoms with E-state index in [1.54, 1.807) is 0 Å². The molecule has 4 nitrogen and oxygen atoms in total. The first-order valence-corrected chi connectivity index (χ1v) is 7.13. The minimum absolute atomic E-state index is 0.125. The van der Waals surface area contributed by atoms with E-state index in [2.05, 4.69) is 15.5 Å². The SMILES string of the molecule is FC(F)(F)C1CCC(NCc2nnc3ccccn23)CC1. The van der Waals surface area contributed by atoms with Gasteiger partial charge in [0.05, 0.1) is 12.5 Å². The zero-order valence-electron chi connectivity index (χ0n) is 11.5. The van der Waals surface area contributed by atoms with Gasteiger partial charge in [-0.3, -0.25) is 4.40 Å². The molecule has 0 spiro atoms. The number of aromatic nitrogens is 3. The molecule has 1 aliphatic carbocycles. The standard InChI is InChI=1S/C14H17F3N4/c15-14(16,17)10-4-6-11(7-5-10)18-9-13-20-19-12-3-1-2-8-21(12)13/h1-3,8,10-11,18H,4-7,9H2. The van der Waals surface area contributed by atoms with Crippen LogP contribution in [0.4, 0.5) is 13.2 Å². The number of halogens is 3. The highest BCUT2D eigenvalue weighted by Crippen LogP contribution is 2.37. The van der Waals surface area contributed by atoms with Gasteiger partial charge in [0.1, 0.15) is 0 Å². The van der Waals surface area contributed by atoms with Crippen LogP contribution in [0, 0.1) is 5.92 Å². The van der Waals surface area contributed by atoms with Crippen LogP contribution in [0.15, 0.2) is 24.4 Å². The van der Waals surface area contributed by atoms with Crippen molar-refractivity contribution in [1.29, 1.82) is 0 Å². The molecule has 2 aromatic rings. The highest BCUT2D eigenvalue weighted by molar-refractivity contribution is 5.36. The number of fused-ring (bicyclic) bond motifs is 1. The minimum atomic E-state index is -4.05. The van der Waals surface area contributed by atoms with E-state index < -0.39 is 12.1 Å². The summed E-state index contributed by atoms with van der Waals surface area (Å²) in [4.78, 5) is 0. The van der Waals surface area contributed by atoms with Crippen LogP contribution < -0.4 is 5.32 Å². The second kappa shape index (κ2) is 5.63. The number of rotatable bonds is 3. The van der Waals surface area contributed by atoms with Crippen LogP contribution in [-0.4, -0.2) is 26.8 Å². The number of alkyl halides is 3. The van der Waals surface area contributed by atoms with E-state index in [0.29, 0.717) is 19.4 Å². The lowest BCUT2D eigenvalue weighted by atomic mass is 9.85. The van der Waals surface area contributed by atoms with Crippen molar-refractivity contribution in [3.05, 3.63) is 30.2 Å². The largest absolute Gasteiger partial charge is 0.391 e. The summed E-state index contributed by atoms with van der Waals surface area (Å²) in [5.74, 6) is -0.354. The van der Waals surface area contributed by atoms with E-state index >= 15 is 0 Å². The van der Waals surface area contributed by atoms with Crippen molar-refractivity contribution in [3.8, 4) is 0 Å². The number of hydrogen-bond acceptors (Lipinski definition) is 3. The van der Waals surface area contributed by atoms with Gasteiger partial charge < -0.3 is 5.32 Å². The van der Waals surface area contributed by atoms with Crippen molar-refractivity contribution in [2.75, 3.05) is 0 Å². The van der Waals surface area contributed by atoms with Crippen LogP contribution in [0.3, 0.4) is 0 Å². The van der Waals surface area contributed by atoms with Crippen LogP contribution in [-0.2, 0) is 6.54 Å². The molecule has 0 atom stereocenters. The van der Waals surface area contributed by atoms with Crippen LogP contribution in [0.25, 0.3) is 5.65 Å². The molecule has 1 N–H and O–H groups in total. The Kier molecular flexibility index (Phi) is 3.84. The van der Waals surface area contributed by atoms with E-state index in [-0.39, 0.29) is 18.9 Å². The lowest BCUT2D eigenvalue weighted by molar-refractivity contribution is -0.182. The zero-order chi connectivity index (χ0) is 14.9. The molecular weight excluding hydrogens is 281 g/mol. The molecule has 1 aliphatic rings. The van der Waals surface area contributed by atoms with Gasteiger partial charge in [-0.25, -0.2) is 0 Å². The second-order valence-corrected chi connectivity index (χ2v) is 5.52. The monoisotopic (exact) mass is 298 g/mol. The topological polar surface area (TPSA) is 42.2 Å². The van der Waals surface area contributed by atoms with Crippen molar-refractivity contribution in [1.82, 2.24) is 19.9 Å². The van der Waals surface area contributed by atoms with Crippen molar-refractivity contribution >= 4 is 5.65 Å². The number of nitrogens with one attached hydrogen (secondary N) is 1. The smallest absolute Gasteiger partial charge is 0.307 e. The minimum Gasteiger partial charge on any atom is -0.307 e. The van der Waals surface area contributed by atoms with Gasteiger partial charge in [0.2, 0.25) is 0 Å². The molecule has 7 heteroatoms. The number of hydrogen-bond donors (Lipinski definition) is 1. The van der Waals surface area contributed by atoms with Crippen molar-refractivity contribution < 1.29 is 13.2 Å². The normalized spacial score (nSPS) is 23.6. The Hall–Kier alpha value is -1.63. The van der Waals surface area contributed by atoms with Gasteiger partial charge >= 0.3 is 6.18 Å². The van der Waals surface area contributed by atoms with Crippen LogP contribution >= 0.6 is 0 Å². The fourth-order valence-electron chi connectivity index (χ4n) is 2.87. The Morgan fingerprint density at radius 2 is 1.90 bits per heavy atom. The van der Waals surface area contributed by atoms with E-state index in [1.807, 2.05) is 28.8 Å². The molecule has 2 aromatic heterocycles. The Morgan fingerprint density at radius 1 is 1.14 bits per heavy atom. The molecule has 0 aromatic carbocycles. The Balaban J connectivity index is 1.55. The highest BCUT2D eigenvalue weighted by Gasteiger charge is 2.41. The third-order valence-corrected chi connectivity index (χ3v) is 4.12. The van der Waals surface area contributed by atoms with Crippen molar-refractivity contribution in [2.45, 2.75) is 44.4 Å². The lowest BCUT2D eigenvalue weighted by Gasteiger charge is -2.30. The van der Waals surface area contributed by atoms with Crippen molar-refractivity contribution in [3.63, 3.8) is 0 Å². The molecule has 1 fully saturated rings. The molecule has 0 amide bonds. The molecule has 1 saturated carbocycles. The average molecular weight is 298 g/mol. The quantitative estimate of drug-likeness (QED) is 0.947. The maximum absolute atomic E-state index is 12.6. The van der Waals surface area contributed by atoms with Gasteiger partial charge in [0.25, 0.3) is 0 Å². The van der Waals surface area contributed by atoms with E-state index in [1.165, 1.54) is 0 Å². The van der Waals surface area contributed by atoms with Crippen LogP contribution in [0.1, 0.15) is 31.5 Å². The maximum Gasteiger partial charge on any atom is 0.391 e. The maximum atomic E-state index is 12.6. The summed E-state index contributed by atoms with van der Waals surface area (Å²) >= 11 is 0. The van der Waals surface area contributed by atoms with E-state index in [9.17, 15) is 13.2 Å². The molecule has 114 valence electrons.